The van der Waals surface area contributed by atoms with Crippen molar-refractivity contribution in [3.63, 3.8) is 0 Å². The summed E-state index contributed by atoms with van der Waals surface area (Å²) in [5, 5.41) is 1.09. The van der Waals surface area contributed by atoms with Gasteiger partial charge in [0, 0.05) is 22.7 Å². The molecule has 4 aliphatic heterocycles. The molecule has 8 heteroatoms. The first-order chi connectivity index (χ1) is 18.8. The van der Waals surface area contributed by atoms with E-state index in [-0.39, 0.29) is 47.5 Å². The van der Waals surface area contributed by atoms with Gasteiger partial charge in [-0.05, 0) is 49.5 Å². The Hall–Kier alpha value is -0.960. The Kier molecular flexibility index (Phi) is 6.40. The third-order valence-electron chi connectivity index (χ3n) is 11.6. The van der Waals surface area contributed by atoms with Crippen LogP contribution < -0.4 is 0 Å². The lowest BCUT2D eigenvalue weighted by Gasteiger charge is -2.53. The molecule has 0 radical (unpaired) electrons. The van der Waals surface area contributed by atoms with E-state index < -0.39 is 22.9 Å². The highest BCUT2D eigenvalue weighted by atomic mass is 79.9. The fourth-order valence-electron chi connectivity index (χ4n) is 9.46. The average molecular weight is 608 g/mol. The Morgan fingerprint density at radius 1 is 1.03 bits per heavy atom. The van der Waals surface area contributed by atoms with E-state index in [1.54, 1.807) is 0 Å². The molecule has 3 saturated heterocycles. The Morgan fingerprint density at radius 2 is 1.74 bits per heavy atom. The van der Waals surface area contributed by atoms with Crippen LogP contribution in [-0.2, 0) is 33.3 Å². The summed E-state index contributed by atoms with van der Waals surface area (Å²) >= 11 is 3.49. The van der Waals surface area contributed by atoms with Gasteiger partial charge in [-0.25, -0.2) is 4.79 Å². The molecule has 5 fully saturated rings. The van der Waals surface area contributed by atoms with Gasteiger partial charge in [-0.3, -0.25) is 4.79 Å². The van der Waals surface area contributed by atoms with Crippen LogP contribution in [-0.4, -0.2) is 65.1 Å². The molecule has 9 atom stereocenters. The number of rotatable bonds is 12. The maximum Gasteiger partial charge on any atom is 0.334 e. The third-order valence-corrected chi connectivity index (χ3v) is 12.1. The molecule has 216 valence electrons. The highest BCUT2D eigenvalue weighted by Gasteiger charge is 3.01. The zero-order valence-corrected chi connectivity index (χ0v) is 25.2. The normalized spacial score (nSPS) is 45.9. The minimum absolute atomic E-state index is 0.0534. The van der Waals surface area contributed by atoms with Gasteiger partial charge in [0.1, 0.15) is 30.0 Å². The molecule has 0 aromatic heterocycles. The first-order valence-corrected chi connectivity index (χ1v) is 16.6. The smallest absolute Gasteiger partial charge is 0.334 e. The number of esters is 2. The van der Waals surface area contributed by atoms with E-state index in [0.29, 0.717) is 19.4 Å². The van der Waals surface area contributed by atoms with Crippen LogP contribution in [0.15, 0.2) is 11.1 Å². The third kappa shape index (κ3) is 3.50. The minimum atomic E-state index is -0.660. The molecule has 3 aliphatic carbocycles. The standard InChI is InChI=1S/C31H43BrO7/c1-18(2)29-24(38-29)25-31(39-25)28(3)14-13-19-20(17-35-26(19)34)21(28)16-22-30(31,37-22)27(29)36-23(33)12-10-8-6-4-5-7-9-11-15-32/h18,21-22,24-25,27H,4-17H2,1-3H3/t21-,22-,24-,25-,27+,28-,29-,30+,31+/m0/s1. The van der Waals surface area contributed by atoms with Crippen LogP contribution in [0.4, 0.5) is 0 Å². The van der Waals surface area contributed by atoms with Crippen LogP contribution in [0.5, 0.6) is 0 Å². The molecular formula is C31H43BrO7. The quantitative estimate of drug-likeness (QED) is 0.124. The number of cyclic esters (lactones) is 1. The maximum absolute atomic E-state index is 13.3. The topological polar surface area (TPSA) is 90.2 Å². The van der Waals surface area contributed by atoms with Crippen LogP contribution >= 0.6 is 15.9 Å². The second kappa shape index (κ2) is 9.27. The molecule has 0 N–H and O–H groups in total. The first kappa shape index (κ1) is 26.9. The predicted molar refractivity (Wildman–Crippen MR) is 146 cm³/mol. The summed E-state index contributed by atoms with van der Waals surface area (Å²) in [5.41, 5.74) is 0.0561. The van der Waals surface area contributed by atoms with E-state index in [9.17, 15) is 9.59 Å². The van der Waals surface area contributed by atoms with E-state index in [1.165, 1.54) is 38.5 Å². The van der Waals surface area contributed by atoms with Crippen molar-refractivity contribution in [2.24, 2.45) is 17.3 Å². The fraction of sp³-hybridized carbons (Fsp3) is 0.871. The summed E-state index contributed by atoms with van der Waals surface area (Å²) in [4.78, 5) is 25.7. The van der Waals surface area contributed by atoms with Gasteiger partial charge in [0.15, 0.2) is 11.7 Å². The van der Waals surface area contributed by atoms with Gasteiger partial charge in [0.25, 0.3) is 0 Å². The predicted octanol–water partition coefficient (Wildman–Crippen LogP) is 5.56. The Bertz CT molecular complexity index is 1090. The fourth-order valence-corrected chi connectivity index (χ4v) is 9.85. The van der Waals surface area contributed by atoms with E-state index >= 15 is 0 Å². The summed E-state index contributed by atoms with van der Waals surface area (Å²) < 4.78 is 31.9. The SMILES string of the molecule is CC(C)[C@]12O[C@H]1[C@@H]1O[C@]13[C@]1(O[C@H]1C[C@H]1C4=C(CC[C@@]13C)C(=O)OC4)[C@@H]2OC(=O)CCCCCCCCCCBr. The van der Waals surface area contributed by atoms with Crippen molar-refractivity contribution in [3.05, 3.63) is 11.1 Å². The number of epoxide rings is 3. The van der Waals surface area contributed by atoms with E-state index in [0.717, 1.165) is 42.2 Å². The number of halogens is 1. The van der Waals surface area contributed by atoms with Gasteiger partial charge in [0.05, 0.1) is 6.10 Å². The molecule has 0 unspecified atom stereocenters. The van der Waals surface area contributed by atoms with Gasteiger partial charge in [-0.1, -0.05) is 75.2 Å². The molecular weight excluding hydrogens is 564 g/mol. The van der Waals surface area contributed by atoms with Crippen LogP contribution in [0.3, 0.4) is 0 Å². The molecule has 7 nitrogen and oxygen atoms in total. The van der Waals surface area contributed by atoms with Crippen molar-refractivity contribution in [3.8, 4) is 0 Å². The molecule has 2 spiro atoms. The molecule has 7 rings (SSSR count). The van der Waals surface area contributed by atoms with E-state index in [4.69, 9.17) is 23.7 Å². The largest absolute Gasteiger partial charge is 0.458 e. The molecule has 4 heterocycles. The number of hydrogen-bond acceptors (Lipinski definition) is 7. The van der Waals surface area contributed by atoms with Crippen molar-refractivity contribution in [1.29, 1.82) is 0 Å². The van der Waals surface area contributed by atoms with Gasteiger partial charge in [-0.2, -0.15) is 0 Å². The second-order valence-corrected chi connectivity index (χ2v) is 14.4. The Balaban J connectivity index is 1.06. The zero-order chi connectivity index (χ0) is 27.2. The molecule has 0 aromatic rings. The summed E-state index contributed by atoms with van der Waals surface area (Å²) in [6.45, 7) is 7.02. The lowest BCUT2D eigenvalue weighted by atomic mass is 9.46. The summed E-state index contributed by atoms with van der Waals surface area (Å²) in [5.74, 6) is 0.0683. The molecule has 7 aliphatic rings. The van der Waals surface area contributed by atoms with Crippen LogP contribution in [0, 0.1) is 17.3 Å². The van der Waals surface area contributed by atoms with E-state index in [2.05, 4.69) is 36.7 Å². The molecule has 0 amide bonds. The minimum Gasteiger partial charge on any atom is -0.458 e. The van der Waals surface area contributed by atoms with Crippen molar-refractivity contribution in [2.45, 2.75) is 139 Å². The number of carbonyl (C=O) groups excluding carboxylic acids is 2. The van der Waals surface area contributed by atoms with Crippen molar-refractivity contribution >= 4 is 27.9 Å². The monoisotopic (exact) mass is 606 g/mol. The molecule has 2 saturated carbocycles. The van der Waals surface area contributed by atoms with Gasteiger partial charge >= 0.3 is 11.9 Å². The zero-order valence-electron chi connectivity index (χ0n) is 23.6. The van der Waals surface area contributed by atoms with Crippen molar-refractivity contribution in [2.75, 3.05) is 11.9 Å². The highest BCUT2D eigenvalue weighted by molar-refractivity contribution is 9.09. The number of ether oxygens (including phenoxy) is 5. The van der Waals surface area contributed by atoms with Crippen molar-refractivity contribution < 1.29 is 33.3 Å². The second-order valence-electron chi connectivity index (χ2n) is 13.6. The summed E-state index contributed by atoms with van der Waals surface area (Å²) in [7, 11) is 0. The summed E-state index contributed by atoms with van der Waals surface area (Å²) in [6, 6.07) is 0. The lowest BCUT2D eigenvalue weighted by molar-refractivity contribution is -0.169. The number of fused-ring (bicyclic) bond motifs is 4. The van der Waals surface area contributed by atoms with Crippen LogP contribution in [0.1, 0.15) is 97.8 Å². The number of unbranched alkanes of at least 4 members (excludes halogenated alkanes) is 7. The van der Waals surface area contributed by atoms with Gasteiger partial charge in [-0.15, -0.1) is 0 Å². The van der Waals surface area contributed by atoms with Gasteiger partial charge in [0.2, 0.25) is 0 Å². The number of carbonyl (C=O) groups is 2. The van der Waals surface area contributed by atoms with Crippen LogP contribution in [0.2, 0.25) is 0 Å². The first-order valence-electron chi connectivity index (χ1n) is 15.5. The molecule has 39 heavy (non-hydrogen) atoms. The number of alkyl halides is 1. The number of hydrogen-bond donors (Lipinski definition) is 0. The maximum atomic E-state index is 13.3. The van der Waals surface area contributed by atoms with Crippen LogP contribution in [0.25, 0.3) is 0 Å². The Morgan fingerprint density at radius 3 is 2.46 bits per heavy atom. The van der Waals surface area contributed by atoms with Gasteiger partial charge < -0.3 is 23.7 Å². The summed E-state index contributed by atoms with van der Waals surface area (Å²) in [6.07, 6.45) is 11.6. The molecule has 0 aromatic carbocycles. The highest BCUT2D eigenvalue weighted by Crippen LogP contribution is 2.83. The Labute approximate surface area is 240 Å². The average Bonchev–Trinajstić information content (AvgIpc) is 3.81. The lowest BCUT2D eigenvalue weighted by Crippen LogP contribution is -2.70. The van der Waals surface area contributed by atoms with Crippen molar-refractivity contribution in [1.82, 2.24) is 0 Å². The molecule has 0 bridgehead atoms. The van der Waals surface area contributed by atoms with E-state index in [1.807, 2.05) is 0 Å².